The van der Waals surface area contributed by atoms with Crippen LogP contribution < -0.4 is 4.74 Å². The van der Waals surface area contributed by atoms with Crippen molar-refractivity contribution in [2.45, 2.75) is 19.4 Å². The number of ether oxygens (including phenoxy) is 2. The standard InChI is InChI=1S/C12H13ClFNO2/c1-8-15-10(7-17-8)4-5-16-12-3-2-9(14)6-11(12)13/h2-3,6,10H,4-5,7H2,1H3. The maximum absolute atomic E-state index is 12.8. The number of benzene rings is 1. The minimum Gasteiger partial charge on any atom is -0.492 e. The van der Waals surface area contributed by atoms with E-state index < -0.39 is 0 Å². The van der Waals surface area contributed by atoms with Gasteiger partial charge in [0.25, 0.3) is 0 Å². The SMILES string of the molecule is CC1=NC(CCOc2ccc(F)cc2Cl)CO1. The molecule has 1 heterocycles. The predicted molar refractivity (Wildman–Crippen MR) is 64.4 cm³/mol. The smallest absolute Gasteiger partial charge is 0.180 e. The summed E-state index contributed by atoms with van der Waals surface area (Å²) in [7, 11) is 0. The lowest BCUT2D eigenvalue weighted by molar-refractivity contribution is 0.264. The average Bonchev–Trinajstić information content (AvgIpc) is 2.68. The van der Waals surface area contributed by atoms with Gasteiger partial charge in [0.2, 0.25) is 0 Å². The Labute approximate surface area is 104 Å². The number of nitrogens with zero attached hydrogens (tertiary/aromatic N) is 1. The van der Waals surface area contributed by atoms with Crippen molar-refractivity contribution in [1.29, 1.82) is 0 Å². The van der Waals surface area contributed by atoms with Gasteiger partial charge < -0.3 is 9.47 Å². The van der Waals surface area contributed by atoms with E-state index in [1.807, 2.05) is 6.92 Å². The highest BCUT2D eigenvalue weighted by molar-refractivity contribution is 6.32. The highest BCUT2D eigenvalue weighted by Crippen LogP contribution is 2.25. The van der Waals surface area contributed by atoms with Gasteiger partial charge in [-0.1, -0.05) is 11.6 Å². The first-order valence-corrected chi connectivity index (χ1v) is 5.78. The second-order valence-corrected chi connectivity index (χ2v) is 4.23. The summed E-state index contributed by atoms with van der Waals surface area (Å²) in [5.41, 5.74) is 0. The molecule has 0 bridgehead atoms. The van der Waals surface area contributed by atoms with Crippen molar-refractivity contribution in [3.8, 4) is 5.75 Å². The Morgan fingerprint density at radius 2 is 2.41 bits per heavy atom. The van der Waals surface area contributed by atoms with E-state index in [0.29, 0.717) is 19.0 Å². The maximum atomic E-state index is 12.8. The Bertz CT molecular complexity index is 437. The summed E-state index contributed by atoms with van der Waals surface area (Å²) in [5, 5.41) is 0.285. The summed E-state index contributed by atoms with van der Waals surface area (Å²) in [5.74, 6) is 0.842. The lowest BCUT2D eigenvalue weighted by Gasteiger charge is -2.09. The van der Waals surface area contributed by atoms with Crippen LogP contribution >= 0.6 is 11.6 Å². The number of halogens is 2. The lowest BCUT2D eigenvalue weighted by Crippen LogP contribution is -2.11. The molecule has 1 atom stereocenters. The molecule has 0 N–H and O–H groups in total. The van der Waals surface area contributed by atoms with Gasteiger partial charge in [-0.15, -0.1) is 0 Å². The fourth-order valence-electron chi connectivity index (χ4n) is 1.59. The minimum absolute atomic E-state index is 0.147. The summed E-state index contributed by atoms with van der Waals surface area (Å²) < 4.78 is 23.5. The second-order valence-electron chi connectivity index (χ2n) is 3.82. The van der Waals surface area contributed by atoms with E-state index in [-0.39, 0.29) is 16.9 Å². The predicted octanol–water partition coefficient (Wildman–Crippen LogP) is 3.07. The zero-order chi connectivity index (χ0) is 12.3. The van der Waals surface area contributed by atoms with Crippen LogP contribution in [-0.2, 0) is 4.74 Å². The molecule has 5 heteroatoms. The molecule has 92 valence electrons. The molecule has 0 aromatic heterocycles. The van der Waals surface area contributed by atoms with Crippen LogP contribution in [0.1, 0.15) is 13.3 Å². The van der Waals surface area contributed by atoms with Crippen molar-refractivity contribution in [3.05, 3.63) is 29.0 Å². The summed E-state index contributed by atoms with van der Waals surface area (Å²) in [6.45, 7) is 2.92. The fourth-order valence-corrected chi connectivity index (χ4v) is 1.82. The van der Waals surface area contributed by atoms with Crippen molar-refractivity contribution < 1.29 is 13.9 Å². The van der Waals surface area contributed by atoms with Gasteiger partial charge in [-0.3, -0.25) is 0 Å². The van der Waals surface area contributed by atoms with Crippen LogP contribution in [0.3, 0.4) is 0 Å². The van der Waals surface area contributed by atoms with E-state index in [4.69, 9.17) is 21.1 Å². The van der Waals surface area contributed by atoms with Crippen LogP contribution in [0.15, 0.2) is 23.2 Å². The van der Waals surface area contributed by atoms with Crippen LogP contribution in [0.2, 0.25) is 5.02 Å². The molecule has 1 aliphatic rings. The van der Waals surface area contributed by atoms with Gasteiger partial charge in [-0.2, -0.15) is 0 Å². The summed E-state index contributed by atoms with van der Waals surface area (Å²) >= 11 is 5.83. The Morgan fingerprint density at radius 1 is 1.59 bits per heavy atom. The van der Waals surface area contributed by atoms with E-state index in [1.165, 1.54) is 18.2 Å². The summed E-state index contributed by atoms with van der Waals surface area (Å²) in [6, 6.07) is 4.23. The average molecular weight is 258 g/mol. The first-order chi connectivity index (χ1) is 8.15. The largest absolute Gasteiger partial charge is 0.492 e. The summed E-state index contributed by atoms with van der Waals surface area (Å²) in [4.78, 5) is 4.28. The van der Waals surface area contributed by atoms with Crippen LogP contribution in [0.4, 0.5) is 4.39 Å². The van der Waals surface area contributed by atoms with E-state index in [2.05, 4.69) is 4.99 Å². The van der Waals surface area contributed by atoms with Gasteiger partial charge in [0.05, 0.1) is 17.7 Å². The molecule has 0 aliphatic carbocycles. The molecule has 1 aromatic carbocycles. The Morgan fingerprint density at radius 3 is 3.06 bits per heavy atom. The third kappa shape index (κ3) is 3.33. The first kappa shape index (κ1) is 12.2. The molecular weight excluding hydrogens is 245 g/mol. The topological polar surface area (TPSA) is 30.8 Å². The molecule has 0 radical (unpaired) electrons. The molecule has 1 unspecified atom stereocenters. The number of aliphatic imine (C=N–C) groups is 1. The number of hydrogen-bond acceptors (Lipinski definition) is 3. The van der Waals surface area contributed by atoms with E-state index >= 15 is 0 Å². The third-order valence-electron chi connectivity index (χ3n) is 2.45. The van der Waals surface area contributed by atoms with Crippen LogP contribution in [-0.4, -0.2) is 25.2 Å². The fraction of sp³-hybridized carbons (Fsp3) is 0.417. The number of rotatable bonds is 4. The van der Waals surface area contributed by atoms with E-state index in [1.54, 1.807) is 0 Å². The molecule has 0 saturated carbocycles. The van der Waals surface area contributed by atoms with Crippen molar-refractivity contribution in [3.63, 3.8) is 0 Å². The van der Waals surface area contributed by atoms with Gasteiger partial charge in [-0.25, -0.2) is 9.38 Å². The van der Waals surface area contributed by atoms with Gasteiger partial charge in [0.15, 0.2) is 5.90 Å². The zero-order valence-corrected chi connectivity index (χ0v) is 10.2. The van der Waals surface area contributed by atoms with Crippen molar-refractivity contribution >= 4 is 17.5 Å². The highest BCUT2D eigenvalue weighted by atomic mass is 35.5. The molecule has 3 nitrogen and oxygen atoms in total. The van der Waals surface area contributed by atoms with Crippen LogP contribution in [0.25, 0.3) is 0 Å². The second kappa shape index (κ2) is 5.36. The van der Waals surface area contributed by atoms with Gasteiger partial charge in [0, 0.05) is 13.3 Å². The van der Waals surface area contributed by atoms with Crippen molar-refractivity contribution in [2.24, 2.45) is 4.99 Å². The lowest BCUT2D eigenvalue weighted by atomic mass is 10.2. The Hall–Kier alpha value is -1.29. The normalized spacial score (nSPS) is 18.8. The highest BCUT2D eigenvalue weighted by Gasteiger charge is 2.15. The molecule has 17 heavy (non-hydrogen) atoms. The van der Waals surface area contributed by atoms with Crippen molar-refractivity contribution in [2.75, 3.05) is 13.2 Å². The summed E-state index contributed by atoms with van der Waals surface area (Å²) in [6.07, 6.45) is 0.755. The van der Waals surface area contributed by atoms with Gasteiger partial charge >= 0.3 is 0 Å². The molecular formula is C12H13ClFNO2. The Kier molecular flexibility index (Phi) is 3.84. The van der Waals surface area contributed by atoms with E-state index in [9.17, 15) is 4.39 Å². The number of hydrogen-bond donors (Lipinski definition) is 0. The first-order valence-electron chi connectivity index (χ1n) is 5.40. The zero-order valence-electron chi connectivity index (χ0n) is 9.45. The quantitative estimate of drug-likeness (QED) is 0.830. The van der Waals surface area contributed by atoms with Crippen molar-refractivity contribution in [1.82, 2.24) is 0 Å². The van der Waals surface area contributed by atoms with Gasteiger partial charge in [0.1, 0.15) is 18.2 Å². The molecule has 1 aliphatic heterocycles. The van der Waals surface area contributed by atoms with Crippen LogP contribution in [0.5, 0.6) is 5.75 Å². The minimum atomic E-state index is -0.369. The molecule has 0 amide bonds. The molecule has 0 fully saturated rings. The third-order valence-corrected chi connectivity index (χ3v) is 2.75. The molecule has 0 saturated heterocycles. The molecule has 0 spiro atoms. The molecule has 1 aromatic rings. The van der Waals surface area contributed by atoms with Crippen LogP contribution in [0, 0.1) is 5.82 Å². The Balaban J connectivity index is 1.82. The molecule has 2 rings (SSSR count). The maximum Gasteiger partial charge on any atom is 0.180 e. The monoisotopic (exact) mass is 257 g/mol. The van der Waals surface area contributed by atoms with Gasteiger partial charge in [-0.05, 0) is 18.2 Å². The van der Waals surface area contributed by atoms with E-state index in [0.717, 1.165) is 12.3 Å².